The van der Waals surface area contributed by atoms with Crippen molar-refractivity contribution in [2.45, 2.75) is 84.5 Å². The molecule has 0 aromatic carbocycles. The van der Waals surface area contributed by atoms with Gasteiger partial charge in [-0.15, -0.1) is 0 Å². The third-order valence-corrected chi connectivity index (χ3v) is 3.19. The highest BCUT2D eigenvalue weighted by atomic mass is 16.5. The van der Waals surface area contributed by atoms with Crippen LogP contribution in [0.4, 0.5) is 0 Å². The molecule has 0 bridgehead atoms. The fourth-order valence-electron chi connectivity index (χ4n) is 2.10. The molecule has 0 unspecified atom stereocenters. The van der Waals surface area contributed by atoms with Crippen LogP contribution < -0.4 is 0 Å². The molecule has 0 aliphatic heterocycles. The Hall–Kier alpha value is -0.750. The van der Waals surface area contributed by atoms with Crippen molar-refractivity contribution in [3.05, 3.63) is 5.76 Å². The van der Waals surface area contributed by atoms with Crippen molar-refractivity contribution < 1.29 is 9.53 Å². The molecule has 18 heavy (non-hydrogen) atoms. The van der Waals surface area contributed by atoms with Crippen LogP contribution in [-0.2, 0) is 9.53 Å². The first kappa shape index (κ1) is 17.2. The molecule has 0 aromatic rings. The quantitative estimate of drug-likeness (QED) is 0.261. The molecule has 2 heteroatoms. The van der Waals surface area contributed by atoms with Gasteiger partial charge in [-0.3, -0.25) is 0 Å². The summed E-state index contributed by atoms with van der Waals surface area (Å²) in [6.07, 6.45) is 13.9. The van der Waals surface area contributed by atoms with Crippen molar-refractivity contribution in [1.82, 2.24) is 0 Å². The summed E-state index contributed by atoms with van der Waals surface area (Å²) in [5.74, 6) is 2.38. The van der Waals surface area contributed by atoms with Crippen LogP contribution in [0.1, 0.15) is 84.5 Å². The average Bonchev–Trinajstić information content (AvgIpc) is 2.39. The molecule has 0 atom stereocenters. The van der Waals surface area contributed by atoms with Crippen LogP contribution in [0.2, 0.25) is 0 Å². The van der Waals surface area contributed by atoms with Crippen molar-refractivity contribution in [2.24, 2.45) is 0 Å². The highest BCUT2D eigenvalue weighted by Crippen LogP contribution is 2.13. The first-order valence-electron chi connectivity index (χ1n) is 7.71. The minimum atomic E-state index is 0.497. The maximum Gasteiger partial charge on any atom is 0.179 e. The molecule has 0 aromatic heterocycles. The molecule has 0 aliphatic carbocycles. The largest absolute Gasteiger partial charge is 0.487 e. The van der Waals surface area contributed by atoms with E-state index in [1.807, 2.05) is 12.9 Å². The lowest BCUT2D eigenvalue weighted by atomic mass is 10.1. The summed E-state index contributed by atoms with van der Waals surface area (Å²) in [4.78, 5) is 10.5. The van der Waals surface area contributed by atoms with Crippen LogP contribution >= 0.6 is 0 Å². The minimum absolute atomic E-state index is 0.497. The maximum absolute atomic E-state index is 10.5. The Bertz CT molecular complexity index is 217. The first-order chi connectivity index (χ1) is 8.85. The van der Waals surface area contributed by atoms with Crippen LogP contribution in [0.15, 0.2) is 5.76 Å². The van der Waals surface area contributed by atoms with Crippen LogP contribution in [0, 0.1) is 0 Å². The lowest BCUT2D eigenvalue weighted by molar-refractivity contribution is 0.219. The van der Waals surface area contributed by atoms with Crippen LogP contribution in [0.3, 0.4) is 0 Å². The highest BCUT2D eigenvalue weighted by Gasteiger charge is 1.98. The lowest BCUT2D eigenvalue weighted by Gasteiger charge is -2.04. The Morgan fingerprint density at radius 1 is 0.833 bits per heavy atom. The summed E-state index contributed by atoms with van der Waals surface area (Å²) in [7, 11) is 0. The van der Waals surface area contributed by atoms with Gasteiger partial charge in [-0.2, -0.15) is 0 Å². The van der Waals surface area contributed by atoms with E-state index in [0.29, 0.717) is 12.4 Å². The van der Waals surface area contributed by atoms with Gasteiger partial charge in [-0.25, -0.2) is 4.79 Å². The van der Waals surface area contributed by atoms with Gasteiger partial charge in [0, 0.05) is 6.42 Å². The summed E-state index contributed by atoms with van der Waals surface area (Å²) in [5, 5.41) is 0. The second-order valence-electron chi connectivity index (χ2n) is 4.89. The molecule has 0 fully saturated rings. The number of hydrogen-bond acceptors (Lipinski definition) is 2. The summed E-state index contributed by atoms with van der Waals surface area (Å²) >= 11 is 0. The van der Waals surface area contributed by atoms with Gasteiger partial charge in [0.1, 0.15) is 0 Å². The molecule has 0 radical (unpaired) electrons. The molecule has 2 nitrogen and oxygen atoms in total. The molecule has 0 N–H and O–H groups in total. The maximum atomic E-state index is 10.5. The average molecular weight is 254 g/mol. The molecular formula is C16H30O2. The van der Waals surface area contributed by atoms with E-state index in [2.05, 4.69) is 6.92 Å². The molecule has 0 heterocycles. The zero-order chi connectivity index (χ0) is 13.5. The Balaban J connectivity index is 3.18. The predicted molar refractivity (Wildman–Crippen MR) is 77.3 cm³/mol. The third-order valence-electron chi connectivity index (χ3n) is 3.19. The predicted octanol–water partition coefficient (Wildman–Crippen LogP) is 5.05. The van der Waals surface area contributed by atoms with E-state index < -0.39 is 0 Å². The number of unbranched alkanes of at least 4 members (excludes halogenated alkanes) is 9. The van der Waals surface area contributed by atoms with E-state index in [0.717, 1.165) is 12.8 Å². The molecular weight excluding hydrogens is 224 g/mol. The number of ether oxygens (including phenoxy) is 1. The van der Waals surface area contributed by atoms with Crippen LogP contribution in [0.25, 0.3) is 0 Å². The summed E-state index contributed by atoms with van der Waals surface area (Å²) < 4.78 is 5.17. The monoisotopic (exact) mass is 254 g/mol. The van der Waals surface area contributed by atoms with E-state index in [4.69, 9.17) is 4.74 Å². The van der Waals surface area contributed by atoms with Gasteiger partial charge in [0.15, 0.2) is 11.7 Å². The van der Waals surface area contributed by atoms with Crippen molar-refractivity contribution in [3.63, 3.8) is 0 Å². The van der Waals surface area contributed by atoms with Crippen LogP contribution in [-0.4, -0.2) is 12.5 Å². The highest BCUT2D eigenvalue weighted by molar-refractivity contribution is 5.49. The molecule has 0 saturated heterocycles. The van der Waals surface area contributed by atoms with Gasteiger partial charge in [-0.05, 0) is 13.3 Å². The fourth-order valence-corrected chi connectivity index (χ4v) is 2.10. The third kappa shape index (κ3) is 11.7. The topological polar surface area (TPSA) is 26.3 Å². The molecule has 0 spiro atoms. The number of rotatable bonds is 13. The Kier molecular flexibility index (Phi) is 13.7. The fraction of sp³-hybridized carbons (Fsp3) is 0.875. The molecule has 0 rings (SSSR count). The second-order valence-corrected chi connectivity index (χ2v) is 4.89. The second kappa shape index (κ2) is 14.3. The van der Waals surface area contributed by atoms with E-state index in [9.17, 15) is 4.79 Å². The van der Waals surface area contributed by atoms with Gasteiger partial charge >= 0.3 is 0 Å². The Morgan fingerprint density at radius 3 is 1.78 bits per heavy atom. The van der Waals surface area contributed by atoms with Gasteiger partial charge in [0.25, 0.3) is 0 Å². The van der Waals surface area contributed by atoms with Crippen molar-refractivity contribution in [2.75, 3.05) is 6.61 Å². The van der Waals surface area contributed by atoms with Gasteiger partial charge in [0.05, 0.1) is 6.61 Å². The SMILES string of the molecule is CCCCCCCCCCCCC(=C=O)OCC. The zero-order valence-corrected chi connectivity index (χ0v) is 12.3. The summed E-state index contributed by atoms with van der Waals surface area (Å²) in [5.41, 5.74) is 0. The van der Waals surface area contributed by atoms with Gasteiger partial charge in [-0.1, -0.05) is 64.7 Å². The lowest BCUT2D eigenvalue weighted by Crippen LogP contribution is -1.93. The first-order valence-corrected chi connectivity index (χ1v) is 7.71. The molecule has 0 amide bonds. The Morgan fingerprint density at radius 2 is 1.33 bits per heavy atom. The zero-order valence-electron chi connectivity index (χ0n) is 12.3. The van der Waals surface area contributed by atoms with E-state index in [-0.39, 0.29) is 0 Å². The standard InChI is InChI=1S/C16H30O2/c1-3-5-6-7-8-9-10-11-12-13-14-16(15-17)18-4-2/h3-14H2,1-2H3. The molecule has 0 aliphatic rings. The van der Waals surface area contributed by atoms with Crippen LogP contribution in [0.5, 0.6) is 0 Å². The van der Waals surface area contributed by atoms with Crippen molar-refractivity contribution in [3.8, 4) is 0 Å². The number of allylic oxidation sites excluding steroid dienone is 1. The molecule has 106 valence electrons. The summed E-state index contributed by atoms with van der Waals surface area (Å²) in [6, 6.07) is 0. The van der Waals surface area contributed by atoms with Crippen molar-refractivity contribution in [1.29, 1.82) is 0 Å². The minimum Gasteiger partial charge on any atom is -0.487 e. The van der Waals surface area contributed by atoms with E-state index >= 15 is 0 Å². The number of hydrogen-bond donors (Lipinski definition) is 0. The van der Waals surface area contributed by atoms with Crippen molar-refractivity contribution >= 4 is 5.94 Å². The smallest absolute Gasteiger partial charge is 0.179 e. The summed E-state index contributed by atoms with van der Waals surface area (Å²) in [6.45, 7) is 4.72. The van der Waals surface area contributed by atoms with Gasteiger partial charge in [0.2, 0.25) is 0 Å². The Labute approximate surface area is 113 Å². The molecule has 0 saturated carbocycles. The van der Waals surface area contributed by atoms with E-state index in [1.54, 1.807) is 0 Å². The van der Waals surface area contributed by atoms with E-state index in [1.165, 1.54) is 57.8 Å². The van der Waals surface area contributed by atoms with Gasteiger partial charge < -0.3 is 4.74 Å². The normalized spacial score (nSPS) is 10.1. The number of carbonyl (C=O) groups excluding carboxylic acids is 1.